The Labute approximate surface area is 323 Å². The Morgan fingerprint density at radius 1 is 1.11 bits per heavy atom. The first-order chi connectivity index (χ1) is 25.4. The molecular formula is C45H66N4O5. The summed E-state index contributed by atoms with van der Waals surface area (Å²) in [6.45, 7) is 23.3. The summed E-state index contributed by atoms with van der Waals surface area (Å²) in [5.41, 5.74) is 9.02. The van der Waals surface area contributed by atoms with Gasteiger partial charge in [-0.3, -0.25) is 14.6 Å². The summed E-state index contributed by atoms with van der Waals surface area (Å²) in [5, 5.41) is 8.97. The number of Topliss-reactive ketones (excluding diaryl/α,β-unsaturated/α-hetero) is 1. The predicted octanol–water partition coefficient (Wildman–Crippen LogP) is 9.10. The van der Waals surface area contributed by atoms with Gasteiger partial charge in [-0.25, -0.2) is 0 Å². The van der Waals surface area contributed by atoms with Gasteiger partial charge in [0.15, 0.2) is 5.78 Å². The highest BCUT2D eigenvalue weighted by Gasteiger charge is 2.74. The van der Waals surface area contributed by atoms with Gasteiger partial charge in [0.2, 0.25) is 5.89 Å². The second-order valence-electron chi connectivity index (χ2n) is 19.3. The number of aromatic nitrogens is 2. The fourth-order valence-electron chi connectivity index (χ4n) is 13.4. The number of esters is 1. The van der Waals surface area contributed by atoms with Gasteiger partial charge >= 0.3 is 5.97 Å². The molecule has 296 valence electrons. The van der Waals surface area contributed by atoms with Crippen LogP contribution in [-0.4, -0.2) is 45.6 Å². The van der Waals surface area contributed by atoms with E-state index in [1.165, 1.54) is 5.57 Å². The smallest absolute Gasteiger partial charge is 0.307 e. The van der Waals surface area contributed by atoms with Gasteiger partial charge in [0.05, 0.1) is 6.42 Å². The van der Waals surface area contributed by atoms with E-state index in [0.717, 1.165) is 69.6 Å². The highest BCUT2D eigenvalue weighted by molar-refractivity contribution is 6.01. The van der Waals surface area contributed by atoms with Crippen molar-refractivity contribution in [2.75, 3.05) is 0 Å². The van der Waals surface area contributed by atoms with Crippen LogP contribution < -0.4 is 5.73 Å². The van der Waals surface area contributed by atoms with Crippen molar-refractivity contribution >= 4 is 23.8 Å². The minimum atomic E-state index is -0.724. The van der Waals surface area contributed by atoms with Crippen molar-refractivity contribution < 1.29 is 23.5 Å². The minimum absolute atomic E-state index is 0.0345. The zero-order valence-corrected chi connectivity index (χ0v) is 34.6. The van der Waals surface area contributed by atoms with Crippen LogP contribution in [0.1, 0.15) is 151 Å². The molecule has 0 aromatic carbocycles. The monoisotopic (exact) mass is 743 g/mol. The van der Waals surface area contributed by atoms with Crippen LogP contribution in [0.3, 0.4) is 0 Å². The molecule has 9 unspecified atom stereocenters. The quantitative estimate of drug-likeness (QED) is 0.0969. The van der Waals surface area contributed by atoms with Gasteiger partial charge in [-0.15, -0.1) is 10.2 Å². The third-order valence-electron chi connectivity index (χ3n) is 15.8. The minimum Gasteiger partial charge on any atom is -0.462 e. The molecule has 5 aliphatic rings. The molecule has 0 spiro atoms. The van der Waals surface area contributed by atoms with Gasteiger partial charge in [-0.1, -0.05) is 75.0 Å². The third-order valence-corrected chi connectivity index (χ3v) is 15.8. The number of aliphatic imine (C=N–C) groups is 1. The lowest BCUT2D eigenvalue weighted by Gasteiger charge is -2.74. The number of ketones is 1. The maximum atomic E-state index is 14.3. The molecule has 54 heavy (non-hydrogen) atoms. The summed E-state index contributed by atoms with van der Waals surface area (Å²) in [6.07, 6.45) is 16.1. The number of hydrogen-bond acceptors (Lipinski definition) is 9. The van der Waals surface area contributed by atoms with E-state index in [4.69, 9.17) is 14.9 Å². The van der Waals surface area contributed by atoms with Crippen molar-refractivity contribution in [2.45, 2.75) is 157 Å². The topological polar surface area (TPSA) is 138 Å². The number of aldehydes is 1. The van der Waals surface area contributed by atoms with E-state index in [-0.39, 0.29) is 52.4 Å². The lowest BCUT2D eigenvalue weighted by molar-refractivity contribution is -0.226. The number of allylic oxidation sites excluding steroid dienone is 3. The Balaban J connectivity index is 1.34. The van der Waals surface area contributed by atoms with E-state index in [0.29, 0.717) is 48.6 Å². The predicted molar refractivity (Wildman–Crippen MR) is 211 cm³/mol. The number of fused-ring (bicyclic) bond motifs is 7. The van der Waals surface area contributed by atoms with E-state index < -0.39 is 16.4 Å². The van der Waals surface area contributed by atoms with Crippen LogP contribution in [0.25, 0.3) is 0 Å². The van der Waals surface area contributed by atoms with Crippen LogP contribution in [0.5, 0.6) is 0 Å². The van der Waals surface area contributed by atoms with Crippen molar-refractivity contribution in [2.24, 2.45) is 61.5 Å². The number of nitrogens with zero attached hydrogens (tertiary/aromatic N) is 3. The van der Waals surface area contributed by atoms with E-state index >= 15 is 0 Å². The van der Waals surface area contributed by atoms with Gasteiger partial charge in [0, 0.05) is 35.4 Å². The molecule has 4 saturated carbocycles. The number of nitrogens with two attached hydrogens (primary N) is 1. The largest absolute Gasteiger partial charge is 0.462 e. The van der Waals surface area contributed by atoms with Crippen LogP contribution in [0, 0.1) is 50.7 Å². The van der Waals surface area contributed by atoms with Gasteiger partial charge < -0.3 is 19.7 Å². The molecule has 9 atom stereocenters. The van der Waals surface area contributed by atoms with Crippen molar-refractivity contribution in [3.05, 3.63) is 47.9 Å². The number of carbonyl (C=O) groups is 3. The molecule has 6 rings (SSSR count). The number of ether oxygens (including phenoxy) is 1. The van der Waals surface area contributed by atoms with E-state index in [2.05, 4.69) is 63.3 Å². The molecular weight excluding hydrogens is 677 g/mol. The Hall–Kier alpha value is -3.20. The first-order valence-corrected chi connectivity index (χ1v) is 20.8. The standard InChI is InChI=1S/C45H66N4O5/c1-11-14-23-47-31(12-2)39-49-48-35(54-39)25-43-21-22-44(13-3)42(10)19-15-30-29(6)33(53-36(52)26-40(7,8)27-50)16-18-41(30,9)34(42)17-20-45(44,46)38(43)37(28(4)5)32(51)24-43/h11,14,23,27-30,33-34H,1,12-13,15-22,24-26,46H2,2-10H3/b23-14-,47-31?. The van der Waals surface area contributed by atoms with Crippen molar-refractivity contribution in [1.29, 1.82) is 0 Å². The Kier molecular flexibility index (Phi) is 10.8. The summed E-state index contributed by atoms with van der Waals surface area (Å²) in [4.78, 5) is 43.3. The zero-order valence-electron chi connectivity index (χ0n) is 34.6. The lowest BCUT2D eigenvalue weighted by Crippen LogP contribution is -2.74. The fourth-order valence-corrected chi connectivity index (χ4v) is 13.4. The molecule has 9 heteroatoms. The molecule has 1 heterocycles. The molecule has 0 bridgehead atoms. The van der Waals surface area contributed by atoms with Crippen molar-refractivity contribution in [1.82, 2.24) is 10.2 Å². The van der Waals surface area contributed by atoms with Crippen molar-refractivity contribution in [3.63, 3.8) is 0 Å². The molecule has 4 fully saturated rings. The lowest BCUT2D eigenvalue weighted by atomic mass is 9.31. The van der Waals surface area contributed by atoms with Gasteiger partial charge in [-0.05, 0) is 121 Å². The maximum absolute atomic E-state index is 14.3. The van der Waals surface area contributed by atoms with Crippen molar-refractivity contribution in [3.8, 4) is 0 Å². The molecule has 0 radical (unpaired) electrons. The average Bonchev–Trinajstić information content (AvgIpc) is 3.69. The molecule has 9 nitrogen and oxygen atoms in total. The first-order valence-electron chi connectivity index (χ1n) is 20.8. The highest BCUT2D eigenvalue weighted by atomic mass is 16.5. The Bertz CT molecular complexity index is 1750. The van der Waals surface area contributed by atoms with Crippen LogP contribution in [-0.2, 0) is 25.5 Å². The van der Waals surface area contributed by atoms with E-state index in [9.17, 15) is 14.4 Å². The van der Waals surface area contributed by atoms with Crippen LogP contribution in [0.4, 0.5) is 0 Å². The fraction of sp³-hybridized carbons (Fsp3) is 0.733. The summed E-state index contributed by atoms with van der Waals surface area (Å²) in [7, 11) is 0. The summed E-state index contributed by atoms with van der Waals surface area (Å²) >= 11 is 0. The van der Waals surface area contributed by atoms with E-state index in [1.54, 1.807) is 32.2 Å². The van der Waals surface area contributed by atoms with Gasteiger partial charge in [0.25, 0.3) is 5.89 Å². The van der Waals surface area contributed by atoms with E-state index in [1.807, 2.05) is 6.92 Å². The van der Waals surface area contributed by atoms with Crippen LogP contribution in [0.15, 0.2) is 45.5 Å². The summed E-state index contributed by atoms with van der Waals surface area (Å²) in [5.74, 6) is 2.09. The Morgan fingerprint density at radius 3 is 2.50 bits per heavy atom. The average molecular weight is 743 g/mol. The first kappa shape index (κ1) is 40.5. The molecule has 1 aromatic rings. The molecule has 0 amide bonds. The van der Waals surface area contributed by atoms with Crippen LogP contribution in [0.2, 0.25) is 0 Å². The SMILES string of the molecule is C=C/C=C\N=C(CC)c1nnc(CC23CCC4(CC)C(N)(CCC5C6(C)CCC(OC(=O)CC(C)(C)C=O)C(C)C6CCC54C)C2=C(C(C)C)C(=O)C3)o1. The highest BCUT2D eigenvalue weighted by Crippen LogP contribution is 2.77. The molecule has 1 aromatic heterocycles. The molecule has 2 N–H and O–H groups in total. The Morgan fingerprint density at radius 2 is 1.85 bits per heavy atom. The molecule has 0 aliphatic heterocycles. The number of hydrogen-bond donors (Lipinski definition) is 1. The third kappa shape index (κ3) is 6.14. The number of rotatable bonds is 12. The summed E-state index contributed by atoms with van der Waals surface area (Å²) < 4.78 is 12.5. The van der Waals surface area contributed by atoms with Gasteiger partial charge in [-0.2, -0.15) is 0 Å². The summed E-state index contributed by atoms with van der Waals surface area (Å²) in [6, 6.07) is 0. The normalized spacial score (nSPS) is 38.2. The number of carbonyl (C=O) groups excluding carboxylic acids is 3. The molecule has 0 saturated heterocycles. The zero-order chi connectivity index (χ0) is 39.5. The maximum Gasteiger partial charge on any atom is 0.307 e. The second kappa shape index (κ2) is 14.4. The van der Waals surface area contributed by atoms with Gasteiger partial charge in [0.1, 0.15) is 18.1 Å². The second-order valence-corrected chi connectivity index (χ2v) is 19.3. The molecule has 5 aliphatic carbocycles. The van der Waals surface area contributed by atoms with Crippen LogP contribution >= 0.6 is 0 Å².